The SMILES string of the molecule is C=CCSC1=C(C#N)C2(CCC(C)CC2)C(C#N)C(=O)N1. The molecule has 1 spiro atoms. The quantitative estimate of drug-likeness (QED) is 0.813. The Bertz CT molecular complexity index is 559. The van der Waals surface area contributed by atoms with E-state index in [-0.39, 0.29) is 5.91 Å². The summed E-state index contributed by atoms with van der Waals surface area (Å²) in [6.45, 7) is 5.85. The molecule has 1 aliphatic carbocycles. The zero-order valence-electron chi connectivity index (χ0n) is 12.2. The van der Waals surface area contributed by atoms with Crippen molar-refractivity contribution in [2.45, 2.75) is 32.6 Å². The van der Waals surface area contributed by atoms with Crippen molar-refractivity contribution in [3.63, 3.8) is 0 Å². The molecule has 2 aliphatic rings. The van der Waals surface area contributed by atoms with Crippen LogP contribution in [0.1, 0.15) is 32.6 Å². The number of carbonyl (C=O) groups excluding carboxylic acids is 1. The summed E-state index contributed by atoms with van der Waals surface area (Å²) in [6.07, 6.45) is 5.12. The Morgan fingerprint density at radius 1 is 1.48 bits per heavy atom. The van der Waals surface area contributed by atoms with Crippen LogP contribution in [0.5, 0.6) is 0 Å². The normalized spacial score (nSPS) is 32.2. The fourth-order valence-corrected chi connectivity index (χ4v) is 4.13. The molecule has 1 aliphatic heterocycles. The molecule has 110 valence electrons. The van der Waals surface area contributed by atoms with Crippen molar-refractivity contribution in [3.8, 4) is 12.1 Å². The highest BCUT2D eigenvalue weighted by Gasteiger charge is 2.52. The molecule has 4 nitrogen and oxygen atoms in total. The predicted molar refractivity (Wildman–Crippen MR) is 82.6 cm³/mol. The first-order valence-electron chi connectivity index (χ1n) is 7.18. The molecule has 0 aromatic carbocycles. The van der Waals surface area contributed by atoms with E-state index in [9.17, 15) is 15.3 Å². The molecule has 0 saturated heterocycles. The topological polar surface area (TPSA) is 76.7 Å². The van der Waals surface area contributed by atoms with E-state index in [1.165, 1.54) is 11.8 Å². The summed E-state index contributed by atoms with van der Waals surface area (Å²) >= 11 is 1.41. The van der Waals surface area contributed by atoms with Crippen LogP contribution in [0.15, 0.2) is 23.3 Å². The lowest BCUT2D eigenvalue weighted by Gasteiger charge is -2.44. The van der Waals surface area contributed by atoms with Gasteiger partial charge in [-0.05, 0) is 31.6 Å². The Morgan fingerprint density at radius 2 is 2.14 bits per heavy atom. The van der Waals surface area contributed by atoms with Gasteiger partial charge >= 0.3 is 0 Å². The molecule has 1 N–H and O–H groups in total. The third-order valence-corrected chi connectivity index (χ3v) is 5.53. The minimum Gasteiger partial charge on any atom is -0.319 e. The first-order valence-corrected chi connectivity index (χ1v) is 8.16. The van der Waals surface area contributed by atoms with E-state index in [0.29, 0.717) is 22.3 Å². The van der Waals surface area contributed by atoms with Crippen molar-refractivity contribution in [1.29, 1.82) is 10.5 Å². The Labute approximate surface area is 129 Å². The lowest BCUT2D eigenvalue weighted by molar-refractivity contribution is -0.127. The van der Waals surface area contributed by atoms with Gasteiger partial charge in [0.2, 0.25) is 5.91 Å². The molecule has 0 radical (unpaired) electrons. The molecule has 1 unspecified atom stereocenters. The molecule has 1 heterocycles. The number of rotatable bonds is 3. The number of allylic oxidation sites excluding steroid dienone is 1. The number of nitrogens with one attached hydrogen (secondary N) is 1. The zero-order valence-corrected chi connectivity index (χ0v) is 13.0. The van der Waals surface area contributed by atoms with Crippen LogP contribution < -0.4 is 5.32 Å². The van der Waals surface area contributed by atoms with Crippen LogP contribution in [0, 0.1) is 39.9 Å². The van der Waals surface area contributed by atoms with Gasteiger partial charge in [0.25, 0.3) is 0 Å². The van der Waals surface area contributed by atoms with Crippen molar-refractivity contribution >= 4 is 17.7 Å². The van der Waals surface area contributed by atoms with Crippen LogP contribution in [0.4, 0.5) is 0 Å². The molecular formula is C16H19N3OS. The highest BCUT2D eigenvalue weighted by Crippen LogP contribution is 2.52. The van der Waals surface area contributed by atoms with Crippen LogP contribution >= 0.6 is 11.8 Å². The average Bonchev–Trinajstić information content (AvgIpc) is 2.48. The standard InChI is InChI=1S/C16H19N3OS/c1-3-8-21-15-13(10-18)16(6-4-11(2)5-7-16)12(9-17)14(20)19-15/h3,11-12H,1,4-8H2,2H3,(H,19,20). The fourth-order valence-electron chi connectivity index (χ4n) is 3.28. The van der Waals surface area contributed by atoms with E-state index in [0.717, 1.165) is 25.7 Å². The van der Waals surface area contributed by atoms with Gasteiger partial charge in [0.15, 0.2) is 0 Å². The number of amides is 1. The van der Waals surface area contributed by atoms with Crippen LogP contribution in [0.3, 0.4) is 0 Å². The average molecular weight is 301 g/mol. The van der Waals surface area contributed by atoms with Crippen LogP contribution in [-0.4, -0.2) is 11.7 Å². The van der Waals surface area contributed by atoms with Gasteiger partial charge < -0.3 is 5.32 Å². The Balaban J connectivity index is 2.49. The lowest BCUT2D eigenvalue weighted by atomic mass is 9.59. The monoisotopic (exact) mass is 301 g/mol. The molecule has 5 heteroatoms. The predicted octanol–water partition coefficient (Wildman–Crippen LogP) is 3.11. The summed E-state index contributed by atoms with van der Waals surface area (Å²) in [4.78, 5) is 12.3. The molecule has 1 atom stereocenters. The molecule has 1 amide bonds. The number of nitriles is 2. The van der Waals surface area contributed by atoms with Crippen molar-refractivity contribution < 1.29 is 4.79 Å². The molecule has 0 bridgehead atoms. The number of nitrogens with zero attached hydrogens (tertiary/aromatic N) is 2. The molecule has 21 heavy (non-hydrogen) atoms. The lowest BCUT2D eigenvalue weighted by Crippen LogP contribution is -2.49. The highest BCUT2D eigenvalue weighted by atomic mass is 32.2. The summed E-state index contributed by atoms with van der Waals surface area (Å²) in [7, 11) is 0. The van der Waals surface area contributed by atoms with Gasteiger partial charge in [0, 0.05) is 11.2 Å². The second kappa shape index (κ2) is 6.37. The number of thioether (sulfide) groups is 1. The van der Waals surface area contributed by atoms with Gasteiger partial charge in [-0.1, -0.05) is 13.0 Å². The van der Waals surface area contributed by atoms with Crippen LogP contribution in [0.25, 0.3) is 0 Å². The molecule has 0 aromatic rings. The van der Waals surface area contributed by atoms with E-state index in [1.54, 1.807) is 6.08 Å². The van der Waals surface area contributed by atoms with E-state index in [2.05, 4.69) is 31.0 Å². The number of hydrogen-bond acceptors (Lipinski definition) is 4. The maximum Gasteiger partial charge on any atom is 0.243 e. The maximum atomic E-state index is 12.3. The summed E-state index contributed by atoms with van der Waals surface area (Å²) in [5, 5.41) is 22.5. The summed E-state index contributed by atoms with van der Waals surface area (Å²) in [6, 6.07) is 4.43. The van der Waals surface area contributed by atoms with Crippen molar-refractivity contribution in [1.82, 2.24) is 5.32 Å². The smallest absolute Gasteiger partial charge is 0.243 e. The fraction of sp³-hybridized carbons (Fsp3) is 0.562. The van der Waals surface area contributed by atoms with Gasteiger partial charge in [-0.2, -0.15) is 10.5 Å². The minimum atomic E-state index is -0.757. The summed E-state index contributed by atoms with van der Waals surface area (Å²) in [5.41, 5.74) is -0.00521. The van der Waals surface area contributed by atoms with E-state index in [1.807, 2.05) is 0 Å². The largest absolute Gasteiger partial charge is 0.319 e. The van der Waals surface area contributed by atoms with Gasteiger partial charge in [-0.3, -0.25) is 4.79 Å². The van der Waals surface area contributed by atoms with Crippen molar-refractivity contribution in [2.75, 3.05) is 5.75 Å². The Kier molecular flexibility index (Phi) is 4.75. The van der Waals surface area contributed by atoms with Gasteiger partial charge in [-0.25, -0.2) is 0 Å². The number of carbonyl (C=O) groups is 1. The molecule has 1 saturated carbocycles. The first-order chi connectivity index (χ1) is 10.1. The van der Waals surface area contributed by atoms with Crippen molar-refractivity contribution in [3.05, 3.63) is 23.3 Å². The van der Waals surface area contributed by atoms with Crippen LogP contribution in [0.2, 0.25) is 0 Å². The second-order valence-electron chi connectivity index (χ2n) is 5.81. The second-order valence-corrected chi connectivity index (χ2v) is 6.84. The van der Waals surface area contributed by atoms with Crippen molar-refractivity contribution in [2.24, 2.45) is 17.3 Å². The molecule has 0 aromatic heterocycles. The molecule has 2 rings (SSSR count). The van der Waals surface area contributed by atoms with E-state index < -0.39 is 11.3 Å². The minimum absolute atomic E-state index is 0.266. The van der Waals surface area contributed by atoms with Gasteiger partial charge in [0.1, 0.15) is 5.92 Å². The Hall–Kier alpha value is -1.72. The maximum absolute atomic E-state index is 12.3. The third-order valence-electron chi connectivity index (χ3n) is 4.53. The number of hydrogen-bond donors (Lipinski definition) is 1. The highest BCUT2D eigenvalue weighted by molar-refractivity contribution is 8.03. The summed E-state index contributed by atoms with van der Waals surface area (Å²) < 4.78 is 0. The van der Waals surface area contributed by atoms with E-state index >= 15 is 0 Å². The molecule has 1 fully saturated rings. The van der Waals surface area contributed by atoms with Crippen LogP contribution in [-0.2, 0) is 4.79 Å². The Morgan fingerprint density at radius 3 is 2.67 bits per heavy atom. The van der Waals surface area contributed by atoms with Gasteiger partial charge in [-0.15, -0.1) is 18.3 Å². The first kappa shape index (κ1) is 15.7. The molecular weight excluding hydrogens is 282 g/mol. The van der Waals surface area contributed by atoms with E-state index in [4.69, 9.17) is 0 Å². The summed E-state index contributed by atoms with van der Waals surface area (Å²) in [5.74, 6) is 0.194. The zero-order chi connectivity index (χ0) is 15.5. The third kappa shape index (κ3) is 2.71. The van der Waals surface area contributed by atoms with Gasteiger partial charge in [0.05, 0.1) is 22.7 Å².